The quantitative estimate of drug-likeness (QED) is 0.809. The van der Waals surface area contributed by atoms with E-state index >= 15 is 0 Å². The van der Waals surface area contributed by atoms with E-state index in [-0.39, 0.29) is 5.54 Å². The van der Waals surface area contributed by atoms with Gasteiger partial charge < -0.3 is 5.73 Å². The molecule has 2 saturated carbocycles. The van der Waals surface area contributed by atoms with Crippen LogP contribution >= 0.6 is 11.3 Å². The second-order valence-electron chi connectivity index (χ2n) is 4.92. The molecule has 2 bridgehead atoms. The Bertz CT molecular complexity index is 322. The lowest BCUT2D eigenvalue weighted by Crippen LogP contribution is -2.46. The minimum absolute atomic E-state index is 0.0841. The first kappa shape index (κ1) is 8.86. The predicted octanol–water partition coefficient (Wildman–Crippen LogP) is 2.20. The van der Waals surface area contributed by atoms with Gasteiger partial charge in [0.1, 0.15) is 0 Å². The average molecular weight is 208 g/mol. The minimum Gasteiger partial charge on any atom is -0.324 e. The van der Waals surface area contributed by atoms with Crippen molar-refractivity contribution in [2.75, 3.05) is 0 Å². The van der Waals surface area contributed by atoms with Gasteiger partial charge in [0.15, 0.2) is 0 Å². The van der Waals surface area contributed by atoms with Gasteiger partial charge in [-0.1, -0.05) is 6.42 Å². The van der Waals surface area contributed by atoms with Gasteiger partial charge in [-0.3, -0.25) is 0 Å². The Balaban J connectivity index is 1.78. The van der Waals surface area contributed by atoms with E-state index in [1.807, 2.05) is 11.6 Å². The van der Waals surface area contributed by atoms with E-state index in [4.69, 9.17) is 5.73 Å². The standard InChI is InChI=1S/C11H16N2S/c12-11(7-10-13-3-4-14-10)6-8-1-2-9(11)5-8/h3-4,8-9H,1-2,5-7,12H2. The van der Waals surface area contributed by atoms with E-state index in [1.165, 1.54) is 30.7 Å². The molecule has 3 unspecified atom stereocenters. The molecule has 3 heteroatoms. The lowest BCUT2D eigenvalue weighted by Gasteiger charge is -2.33. The summed E-state index contributed by atoms with van der Waals surface area (Å²) in [5.74, 6) is 1.70. The maximum atomic E-state index is 6.50. The van der Waals surface area contributed by atoms with Crippen LogP contribution in [0.1, 0.15) is 30.7 Å². The molecule has 14 heavy (non-hydrogen) atoms. The number of hydrogen-bond acceptors (Lipinski definition) is 3. The van der Waals surface area contributed by atoms with Gasteiger partial charge in [0.25, 0.3) is 0 Å². The summed E-state index contributed by atoms with van der Waals surface area (Å²) in [5.41, 5.74) is 6.59. The molecule has 0 amide bonds. The van der Waals surface area contributed by atoms with Crippen molar-refractivity contribution in [2.24, 2.45) is 17.6 Å². The first-order valence-electron chi connectivity index (χ1n) is 5.43. The van der Waals surface area contributed by atoms with Crippen LogP contribution < -0.4 is 5.73 Å². The van der Waals surface area contributed by atoms with E-state index in [1.54, 1.807) is 11.3 Å². The van der Waals surface area contributed by atoms with Crippen molar-refractivity contribution < 1.29 is 0 Å². The van der Waals surface area contributed by atoms with Crippen molar-refractivity contribution >= 4 is 11.3 Å². The molecule has 76 valence electrons. The van der Waals surface area contributed by atoms with Crippen LogP contribution in [0.4, 0.5) is 0 Å². The molecule has 0 spiro atoms. The highest BCUT2D eigenvalue weighted by atomic mass is 32.1. The fourth-order valence-corrected chi connectivity index (χ4v) is 4.08. The van der Waals surface area contributed by atoms with E-state index in [0.29, 0.717) is 0 Å². The largest absolute Gasteiger partial charge is 0.324 e. The van der Waals surface area contributed by atoms with Gasteiger partial charge in [-0.05, 0) is 31.1 Å². The smallest absolute Gasteiger partial charge is 0.0943 e. The molecule has 0 aromatic carbocycles. The maximum absolute atomic E-state index is 6.50. The zero-order valence-corrected chi connectivity index (χ0v) is 9.09. The van der Waals surface area contributed by atoms with Crippen LogP contribution in [-0.2, 0) is 6.42 Å². The van der Waals surface area contributed by atoms with Crippen molar-refractivity contribution in [1.82, 2.24) is 4.98 Å². The Morgan fingerprint density at radius 2 is 2.50 bits per heavy atom. The number of thiazole rings is 1. The van der Waals surface area contributed by atoms with Gasteiger partial charge in [-0.25, -0.2) is 4.98 Å². The van der Waals surface area contributed by atoms with Crippen molar-refractivity contribution in [3.63, 3.8) is 0 Å². The fraction of sp³-hybridized carbons (Fsp3) is 0.727. The van der Waals surface area contributed by atoms with Crippen LogP contribution in [0.3, 0.4) is 0 Å². The summed E-state index contributed by atoms with van der Waals surface area (Å²) in [6.45, 7) is 0. The maximum Gasteiger partial charge on any atom is 0.0943 e. The molecule has 0 aliphatic heterocycles. The highest BCUT2D eigenvalue weighted by molar-refractivity contribution is 7.09. The van der Waals surface area contributed by atoms with Gasteiger partial charge in [-0.2, -0.15) is 0 Å². The molecule has 2 aliphatic rings. The number of rotatable bonds is 2. The third kappa shape index (κ3) is 1.30. The first-order valence-corrected chi connectivity index (χ1v) is 6.31. The summed E-state index contributed by atoms with van der Waals surface area (Å²) in [5, 5.41) is 3.27. The topological polar surface area (TPSA) is 38.9 Å². The second kappa shape index (κ2) is 3.04. The minimum atomic E-state index is 0.0841. The van der Waals surface area contributed by atoms with Gasteiger partial charge in [0.05, 0.1) is 5.01 Å². The van der Waals surface area contributed by atoms with E-state index in [0.717, 1.165) is 18.3 Å². The Morgan fingerprint density at radius 3 is 3.07 bits per heavy atom. The van der Waals surface area contributed by atoms with Crippen LogP contribution in [0.25, 0.3) is 0 Å². The van der Waals surface area contributed by atoms with Gasteiger partial charge >= 0.3 is 0 Å². The lowest BCUT2D eigenvalue weighted by molar-refractivity contribution is 0.269. The molecule has 1 aromatic rings. The van der Waals surface area contributed by atoms with Crippen molar-refractivity contribution in [3.05, 3.63) is 16.6 Å². The normalized spacial score (nSPS) is 40.6. The third-order valence-corrected chi connectivity index (χ3v) is 4.77. The first-order chi connectivity index (χ1) is 6.76. The zero-order chi connectivity index (χ0) is 9.60. The van der Waals surface area contributed by atoms with E-state index in [2.05, 4.69) is 4.98 Å². The summed E-state index contributed by atoms with van der Waals surface area (Å²) >= 11 is 1.74. The lowest BCUT2D eigenvalue weighted by atomic mass is 9.79. The summed E-state index contributed by atoms with van der Waals surface area (Å²) < 4.78 is 0. The molecule has 1 heterocycles. The Kier molecular flexibility index (Phi) is 1.92. The van der Waals surface area contributed by atoms with Gasteiger partial charge in [0, 0.05) is 23.5 Å². The van der Waals surface area contributed by atoms with Crippen LogP contribution in [0.15, 0.2) is 11.6 Å². The zero-order valence-electron chi connectivity index (χ0n) is 8.28. The van der Waals surface area contributed by atoms with Crippen molar-refractivity contribution in [1.29, 1.82) is 0 Å². The Hall–Kier alpha value is -0.410. The molecule has 3 rings (SSSR count). The van der Waals surface area contributed by atoms with Gasteiger partial charge in [0.2, 0.25) is 0 Å². The molecule has 2 N–H and O–H groups in total. The molecular weight excluding hydrogens is 192 g/mol. The molecular formula is C11H16N2S. The third-order valence-electron chi connectivity index (χ3n) is 3.99. The highest BCUT2D eigenvalue weighted by Crippen LogP contribution is 2.50. The molecule has 0 radical (unpaired) electrons. The van der Waals surface area contributed by atoms with E-state index in [9.17, 15) is 0 Å². The summed E-state index contributed by atoms with van der Waals surface area (Å²) in [6.07, 6.45) is 8.27. The number of aromatic nitrogens is 1. The SMILES string of the molecule is NC1(Cc2nccs2)CC2CCC1C2. The number of fused-ring (bicyclic) bond motifs is 2. The van der Waals surface area contributed by atoms with Crippen LogP contribution in [-0.4, -0.2) is 10.5 Å². The van der Waals surface area contributed by atoms with Gasteiger partial charge in [-0.15, -0.1) is 11.3 Å². The highest BCUT2D eigenvalue weighted by Gasteiger charge is 2.48. The van der Waals surface area contributed by atoms with Crippen molar-refractivity contribution in [3.8, 4) is 0 Å². The molecule has 2 fully saturated rings. The number of hydrogen-bond donors (Lipinski definition) is 1. The summed E-state index contributed by atoms with van der Waals surface area (Å²) in [6, 6.07) is 0. The summed E-state index contributed by atoms with van der Waals surface area (Å²) in [7, 11) is 0. The predicted molar refractivity (Wildman–Crippen MR) is 58.2 cm³/mol. The van der Waals surface area contributed by atoms with Crippen LogP contribution in [0.2, 0.25) is 0 Å². The molecule has 2 aliphatic carbocycles. The van der Waals surface area contributed by atoms with E-state index < -0.39 is 0 Å². The number of nitrogens with two attached hydrogens (primary N) is 1. The molecule has 1 aromatic heterocycles. The fourth-order valence-electron chi connectivity index (χ4n) is 3.32. The van der Waals surface area contributed by atoms with Crippen LogP contribution in [0.5, 0.6) is 0 Å². The molecule has 3 atom stereocenters. The second-order valence-corrected chi connectivity index (χ2v) is 5.90. The van der Waals surface area contributed by atoms with Crippen LogP contribution in [0, 0.1) is 11.8 Å². The molecule has 2 nitrogen and oxygen atoms in total. The van der Waals surface area contributed by atoms with Crippen molar-refractivity contribution in [2.45, 2.75) is 37.6 Å². The molecule has 0 saturated heterocycles. The Labute approximate surface area is 88.5 Å². The Morgan fingerprint density at radius 1 is 1.57 bits per heavy atom. The monoisotopic (exact) mass is 208 g/mol. The number of nitrogens with zero attached hydrogens (tertiary/aromatic N) is 1. The summed E-state index contributed by atoms with van der Waals surface area (Å²) in [4.78, 5) is 4.35. The average Bonchev–Trinajstić information content (AvgIpc) is 2.78.